The highest BCUT2D eigenvalue weighted by atomic mass is 35.5. The van der Waals surface area contributed by atoms with Crippen LogP contribution < -0.4 is 4.74 Å². The fourth-order valence-electron chi connectivity index (χ4n) is 3.53. The van der Waals surface area contributed by atoms with Crippen molar-refractivity contribution >= 4 is 23.5 Å². The van der Waals surface area contributed by atoms with Gasteiger partial charge in [-0.25, -0.2) is 18.7 Å². The standard InChI is InChI=1S/C26H20ClFN2O5/c1-33-25(31)22-23(29-30(24(22)26(32)34-2)18-9-4-3-5-10-18)19-14-17(27)12-13-21(19)35-15-16-8-6-7-11-20(16)28/h3-14H,15H2,1-2H3. The zero-order chi connectivity index (χ0) is 24.9. The fourth-order valence-corrected chi connectivity index (χ4v) is 3.70. The van der Waals surface area contributed by atoms with Crippen LogP contribution in [0.2, 0.25) is 5.02 Å². The second-order valence-electron chi connectivity index (χ2n) is 7.32. The van der Waals surface area contributed by atoms with E-state index in [1.165, 1.54) is 25.0 Å². The molecule has 35 heavy (non-hydrogen) atoms. The van der Waals surface area contributed by atoms with E-state index in [0.29, 0.717) is 21.8 Å². The molecule has 1 heterocycles. The van der Waals surface area contributed by atoms with Gasteiger partial charge in [0.2, 0.25) is 0 Å². The number of benzene rings is 3. The molecule has 0 saturated carbocycles. The molecule has 0 N–H and O–H groups in total. The highest BCUT2D eigenvalue weighted by Crippen LogP contribution is 2.37. The number of aromatic nitrogens is 2. The zero-order valence-corrected chi connectivity index (χ0v) is 19.6. The van der Waals surface area contributed by atoms with E-state index < -0.39 is 17.8 Å². The topological polar surface area (TPSA) is 79.7 Å². The van der Waals surface area contributed by atoms with Crippen LogP contribution in [0.15, 0.2) is 72.8 Å². The number of methoxy groups -OCH3 is 2. The van der Waals surface area contributed by atoms with Crippen LogP contribution in [0.25, 0.3) is 16.9 Å². The SMILES string of the molecule is COC(=O)c1c(-c2cc(Cl)ccc2OCc2ccccc2F)nn(-c2ccccc2)c1C(=O)OC. The third-order valence-corrected chi connectivity index (χ3v) is 5.43. The van der Waals surface area contributed by atoms with Crippen LogP contribution >= 0.6 is 11.6 Å². The highest BCUT2D eigenvalue weighted by Gasteiger charge is 2.32. The summed E-state index contributed by atoms with van der Waals surface area (Å²) in [5, 5.41) is 4.90. The van der Waals surface area contributed by atoms with Crippen LogP contribution in [-0.2, 0) is 16.1 Å². The summed E-state index contributed by atoms with van der Waals surface area (Å²) < 4.78 is 31.3. The first-order valence-corrected chi connectivity index (χ1v) is 10.8. The maximum atomic E-state index is 14.1. The molecule has 0 bridgehead atoms. The maximum Gasteiger partial charge on any atom is 0.357 e. The van der Waals surface area contributed by atoms with Gasteiger partial charge < -0.3 is 14.2 Å². The Balaban J connectivity index is 1.92. The van der Waals surface area contributed by atoms with Crippen molar-refractivity contribution < 1.29 is 28.2 Å². The molecule has 0 radical (unpaired) electrons. The first-order chi connectivity index (χ1) is 16.9. The number of esters is 2. The molecular weight excluding hydrogens is 475 g/mol. The summed E-state index contributed by atoms with van der Waals surface area (Å²) in [4.78, 5) is 25.7. The van der Waals surface area contributed by atoms with Crippen molar-refractivity contribution in [3.8, 4) is 22.7 Å². The molecule has 9 heteroatoms. The van der Waals surface area contributed by atoms with Crippen LogP contribution in [0.5, 0.6) is 5.75 Å². The summed E-state index contributed by atoms with van der Waals surface area (Å²) >= 11 is 6.27. The number of nitrogens with zero attached hydrogens (tertiary/aromatic N) is 2. The van der Waals surface area contributed by atoms with Crippen LogP contribution in [-0.4, -0.2) is 35.9 Å². The number of carbonyl (C=O) groups excluding carboxylic acids is 2. The van der Waals surface area contributed by atoms with Crippen molar-refractivity contribution in [2.45, 2.75) is 6.61 Å². The Kier molecular flexibility index (Phi) is 7.12. The molecule has 0 fully saturated rings. The van der Waals surface area contributed by atoms with E-state index >= 15 is 0 Å². The maximum absolute atomic E-state index is 14.1. The number of hydrogen-bond donors (Lipinski definition) is 0. The smallest absolute Gasteiger partial charge is 0.357 e. The molecule has 0 aliphatic carbocycles. The summed E-state index contributed by atoms with van der Waals surface area (Å²) in [6.07, 6.45) is 0. The van der Waals surface area contributed by atoms with Crippen molar-refractivity contribution in [1.29, 1.82) is 0 Å². The number of ether oxygens (including phenoxy) is 3. The molecule has 7 nitrogen and oxygen atoms in total. The molecule has 0 aliphatic rings. The van der Waals surface area contributed by atoms with E-state index in [1.807, 2.05) is 0 Å². The molecule has 0 spiro atoms. The monoisotopic (exact) mass is 494 g/mol. The fraction of sp³-hybridized carbons (Fsp3) is 0.115. The van der Waals surface area contributed by atoms with Gasteiger partial charge in [0, 0.05) is 16.1 Å². The number of para-hydroxylation sites is 1. The van der Waals surface area contributed by atoms with E-state index in [-0.39, 0.29) is 29.3 Å². The molecule has 4 rings (SSSR count). The first-order valence-electron chi connectivity index (χ1n) is 10.5. The molecule has 0 aliphatic heterocycles. The van der Waals surface area contributed by atoms with Gasteiger partial charge in [0.1, 0.15) is 29.4 Å². The second-order valence-corrected chi connectivity index (χ2v) is 7.76. The van der Waals surface area contributed by atoms with Crippen LogP contribution in [0.4, 0.5) is 4.39 Å². The van der Waals surface area contributed by atoms with Crippen LogP contribution in [0.1, 0.15) is 26.4 Å². The zero-order valence-electron chi connectivity index (χ0n) is 18.8. The average Bonchev–Trinajstić information content (AvgIpc) is 3.29. The van der Waals surface area contributed by atoms with E-state index in [4.69, 9.17) is 25.8 Å². The van der Waals surface area contributed by atoms with Gasteiger partial charge in [-0.15, -0.1) is 0 Å². The lowest BCUT2D eigenvalue weighted by atomic mass is 10.0. The lowest BCUT2D eigenvalue weighted by molar-refractivity contribution is 0.0549. The predicted octanol–water partition coefficient (Wildman–Crippen LogP) is 5.48. The lowest BCUT2D eigenvalue weighted by Crippen LogP contribution is -2.15. The molecule has 0 amide bonds. The third kappa shape index (κ3) is 4.88. The molecule has 178 valence electrons. The van der Waals surface area contributed by atoms with Crippen molar-refractivity contribution in [3.05, 3.63) is 100 Å². The Morgan fingerprint density at radius 2 is 1.63 bits per heavy atom. The largest absolute Gasteiger partial charge is 0.488 e. The second kappa shape index (κ2) is 10.4. The van der Waals surface area contributed by atoms with Gasteiger partial charge in [-0.1, -0.05) is 48.0 Å². The van der Waals surface area contributed by atoms with E-state index in [1.54, 1.807) is 66.7 Å². The van der Waals surface area contributed by atoms with Crippen molar-refractivity contribution in [1.82, 2.24) is 9.78 Å². The predicted molar refractivity (Wildman–Crippen MR) is 127 cm³/mol. The van der Waals surface area contributed by atoms with Crippen molar-refractivity contribution in [2.24, 2.45) is 0 Å². The minimum atomic E-state index is -0.803. The Morgan fingerprint density at radius 1 is 0.943 bits per heavy atom. The van der Waals surface area contributed by atoms with Gasteiger partial charge in [0.05, 0.1) is 19.9 Å². The summed E-state index contributed by atoms with van der Waals surface area (Å²) in [5.74, 6) is -1.73. The highest BCUT2D eigenvalue weighted by molar-refractivity contribution is 6.31. The van der Waals surface area contributed by atoms with Gasteiger partial charge in [-0.2, -0.15) is 5.10 Å². The van der Waals surface area contributed by atoms with Crippen molar-refractivity contribution in [2.75, 3.05) is 14.2 Å². The third-order valence-electron chi connectivity index (χ3n) is 5.19. The van der Waals surface area contributed by atoms with E-state index in [9.17, 15) is 14.0 Å². The molecule has 0 saturated heterocycles. The summed E-state index contributed by atoms with van der Waals surface area (Å²) in [7, 11) is 2.40. The number of rotatable bonds is 7. The minimum Gasteiger partial charge on any atom is -0.488 e. The Labute approximate surface area is 205 Å². The first kappa shape index (κ1) is 24.0. The molecule has 3 aromatic carbocycles. The van der Waals surface area contributed by atoms with Gasteiger partial charge in [0.25, 0.3) is 0 Å². The van der Waals surface area contributed by atoms with Gasteiger partial charge in [0.15, 0.2) is 5.69 Å². The average molecular weight is 495 g/mol. The lowest BCUT2D eigenvalue weighted by Gasteiger charge is -2.12. The number of hydrogen-bond acceptors (Lipinski definition) is 6. The van der Waals surface area contributed by atoms with E-state index in [0.717, 1.165) is 0 Å². The Hall–Kier alpha value is -4.17. The molecule has 0 unspecified atom stereocenters. The molecular formula is C26H20ClFN2O5. The Morgan fingerprint density at radius 3 is 2.31 bits per heavy atom. The van der Waals surface area contributed by atoms with Gasteiger partial charge in [-0.3, -0.25) is 0 Å². The molecule has 0 atom stereocenters. The molecule has 1 aromatic heterocycles. The Bertz CT molecular complexity index is 1390. The summed E-state index contributed by atoms with van der Waals surface area (Å²) in [6, 6.07) is 19.7. The quantitative estimate of drug-likeness (QED) is 0.316. The summed E-state index contributed by atoms with van der Waals surface area (Å²) in [5.41, 5.74) is 1.01. The van der Waals surface area contributed by atoms with Gasteiger partial charge >= 0.3 is 11.9 Å². The number of halogens is 2. The van der Waals surface area contributed by atoms with E-state index in [2.05, 4.69) is 5.10 Å². The van der Waals surface area contributed by atoms with Crippen LogP contribution in [0.3, 0.4) is 0 Å². The molecule has 4 aromatic rings. The van der Waals surface area contributed by atoms with Crippen molar-refractivity contribution in [3.63, 3.8) is 0 Å². The number of carbonyl (C=O) groups is 2. The van der Waals surface area contributed by atoms with Gasteiger partial charge in [-0.05, 0) is 36.4 Å². The summed E-state index contributed by atoms with van der Waals surface area (Å²) in [6.45, 7) is -0.0852. The normalized spacial score (nSPS) is 10.6. The minimum absolute atomic E-state index is 0.0852. The van der Waals surface area contributed by atoms with Crippen LogP contribution in [0, 0.1) is 5.82 Å².